The number of nitrogens with one attached hydrogen (secondary N) is 1. The van der Waals surface area contributed by atoms with Gasteiger partial charge in [-0.15, -0.1) is 11.8 Å². The smallest absolute Gasteiger partial charge is 0.309 e. The van der Waals surface area contributed by atoms with Gasteiger partial charge in [-0.3, -0.25) is 0 Å². The molecule has 0 radical (unpaired) electrons. The van der Waals surface area contributed by atoms with Gasteiger partial charge in [0.1, 0.15) is 5.03 Å². The van der Waals surface area contributed by atoms with E-state index < -0.39 is 0 Å². The molecule has 3 nitrogen and oxygen atoms in total. The lowest BCUT2D eigenvalue weighted by Crippen LogP contribution is -2.19. The summed E-state index contributed by atoms with van der Waals surface area (Å²) >= 11 is 7.51. The standard InChI is InChI=1S/C15H15ClN2OS/c16-11-7-5-10(6-8-11)9-20-14-12-3-1-2-4-13(12)17-15(19)18-14/h5-8H,1-4,9H2,(H,17,18,19). The van der Waals surface area contributed by atoms with E-state index in [0.717, 1.165) is 40.8 Å². The van der Waals surface area contributed by atoms with Crippen molar-refractivity contribution in [2.75, 3.05) is 0 Å². The molecule has 1 aromatic heterocycles. The van der Waals surface area contributed by atoms with Crippen LogP contribution in [0.5, 0.6) is 0 Å². The van der Waals surface area contributed by atoms with Gasteiger partial charge in [0.2, 0.25) is 0 Å². The predicted molar refractivity (Wildman–Crippen MR) is 82.5 cm³/mol. The molecule has 0 saturated carbocycles. The van der Waals surface area contributed by atoms with E-state index in [1.807, 2.05) is 24.3 Å². The third kappa shape index (κ3) is 3.07. The van der Waals surface area contributed by atoms with E-state index in [2.05, 4.69) is 9.97 Å². The summed E-state index contributed by atoms with van der Waals surface area (Å²) < 4.78 is 0. The van der Waals surface area contributed by atoms with Crippen molar-refractivity contribution >= 4 is 23.4 Å². The van der Waals surface area contributed by atoms with Crippen molar-refractivity contribution in [2.24, 2.45) is 0 Å². The minimum Gasteiger partial charge on any atom is -0.309 e. The van der Waals surface area contributed by atoms with E-state index in [1.165, 1.54) is 17.5 Å². The summed E-state index contributed by atoms with van der Waals surface area (Å²) in [5.74, 6) is 0.806. The first kappa shape index (κ1) is 13.7. The van der Waals surface area contributed by atoms with E-state index in [0.29, 0.717) is 0 Å². The molecule has 1 aliphatic carbocycles. The molecule has 0 unspecified atom stereocenters. The van der Waals surface area contributed by atoms with Gasteiger partial charge in [0.05, 0.1) is 0 Å². The van der Waals surface area contributed by atoms with E-state index in [4.69, 9.17) is 11.6 Å². The Labute approximate surface area is 126 Å². The number of thioether (sulfide) groups is 1. The second kappa shape index (κ2) is 6.02. The van der Waals surface area contributed by atoms with Crippen molar-refractivity contribution in [3.05, 3.63) is 56.6 Å². The van der Waals surface area contributed by atoms with Crippen LogP contribution in [-0.4, -0.2) is 9.97 Å². The quantitative estimate of drug-likeness (QED) is 0.696. The van der Waals surface area contributed by atoms with Crippen LogP contribution in [0.15, 0.2) is 34.1 Å². The Morgan fingerprint density at radius 1 is 1.20 bits per heavy atom. The molecule has 1 aromatic carbocycles. The minimum absolute atomic E-state index is 0.232. The molecule has 0 saturated heterocycles. The number of nitrogens with zero attached hydrogens (tertiary/aromatic N) is 1. The van der Waals surface area contributed by atoms with Crippen molar-refractivity contribution in [1.29, 1.82) is 0 Å². The molecule has 20 heavy (non-hydrogen) atoms. The summed E-state index contributed by atoms with van der Waals surface area (Å²) in [6.45, 7) is 0. The van der Waals surface area contributed by atoms with Gasteiger partial charge >= 0.3 is 5.69 Å². The number of rotatable bonds is 3. The number of hydrogen-bond donors (Lipinski definition) is 1. The molecular formula is C15H15ClN2OS. The van der Waals surface area contributed by atoms with Crippen molar-refractivity contribution in [1.82, 2.24) is 9.97 Å². The fourth-order valence-corrected chi connectivity index (χ4v) is 3.62. The van der Waals surface area contributed by atoms with E-state index in [9.17, 15) is 4.79 Å². The molecule has 2 aromatic rings. The topological polar surface area (TPSA) is 45.8 Å². The molecular weight excluding hydrogens is 292 g/mol. The van der Waals surface area contributed by atoms with Crippen LogP contribution in [0.4, 0.5) is 0 Å². The molecule has 0 fully saturated rings. The molecule has 0 spiro atoms. The molecule has 3 rings (SSSR count). The molecule has 0 bridgehead atoms. The lowest BCUT2D eigenvalue weighted by Gasteiger charge is -2.17. The molecule has 0 aliphatic heterocycles. The first-order valence-corrected chi connectivity index (χ1v) is 8.08. The molecule has 1 aliphatic rings. The first-order valence-electron chi connectivity index (χ1n) is 6.72. The summed E-state index contributed by atoms with van der Waals surface area (Å²) in [6.07, 6.45) is 4.30. The van der Waals surface area contributed by atoms with Gasteiger partial charge in [-0.2, -0.15) is 4.98 Å². The Bertz CT molecular complexity index is 667. The van der Waals surface area contributed by atoms with Crippen LogP contribution in [0.2, 0.25) is 5.02 Å². The van der Waals surface area contributed by atoms with Gasteiger partial charge in [-0.05, 0) is 43.4 Å². The van der Waals surface area contributed by atoms with E-state index >= 15 is 0 Å². The predicted octanol–water partition coefficient (Wildman–Crippen LogP) is 3.59. The van der Waals surface area contributed by atoms with Crippen molar-refractivity contribution in [2.45, 2.75) is 36.5 Å². The van der Waals surface area contributed by atoms with Gasteiger partial charge in [0.15, 0.2) is 0 Å². The van der Waals surface area contributed by atoms with Crippen LogP contribution < -0.4 is 5.69 Å². The Kier molecular flexibility index (Phi) is 4.13. The highest BCUT2D eigenvalue weighted by Crippen LogP contribution is 2.29. The van der Waals surface area contributed by atoms with Crippen molar-refractivity contribution < 1.29 is 0 Å². The third-order valence-corrected chi connectivity index (χ3v) is 4.82. The van der Waals surface area contributed by atoms with Crippen molar-refractivity contribution in [3.8, 4) is 0 Å². The number of aromatic amines is 1. The Balaban J connectivity index is 1.82. The maximum atomic E-state index is 11.6. The highest BCUT2D eigenvalue weighted by atomic mass is 35.5. The summed E-state index contributed by atoms with van der Waals surface area (Å²) in [5, 5.41) is 1.63. The zero-order chi connectivity index (χ0) is 13.9. The van der Waals surface area contributed by atoms with Gasteiger partial charge in [-0.25, -0.2) is 4.79 Å². The largest absolute Gasteiger partial charge is 0.346 e. The van der Waals surface area contributed by atoms with Crippen LogP contribution in [0.3, 0.4) is 0 Å². The molecule has 1 N–H and O–H groups in total. The monoisotopic (exact) mass is 306 g/mol. The number of aromatic nitrogens is 2. The normalized spacial score (nSPS) is 14.1. The number of aryl methyl sites for hydroxylation is 1. The Morgan fingerprint density at radius 3 is 2.75 bits per heavy atom. The number of H-pyrrole nitrogens is 1. The fourth-order valence-electron chi connectivity index (χ4n) is 2.45. The minimum atomic E-state index is -0.232. The maximum Gasteiger partial charge on any atom is 0.346 e. The van der Waals surface area contributed by atoms with Gasteiger partial charge in [0, 0.05) is 22.0 Å². The van der Waals surface area contributed by atoms with Gasteiger partial charge in [-0.1, -0.05) is 23.7 Å². The van der Waals surface area contributed by atoms with Crippen LogP contribution in [0.1, 0.15) is 29.7 Å². The first-order chi connectivity index (χ1) is 9.72. The SMILES string of the molecule is O=c1nc(SCc2ccc(Cl)cc2)c2c([nH]1)CCCC2. The van der Waals surface area contributed by atoms with E-state index in [1.54, 1.807) is 11.8 Å². The van der Waals surface area contributed by atoms with Crippen LogP contribution in [-0.2, 0) is 18.6 Å². The van der Waals surface area contributed by atoms with Gasteiger partial charge < -0.3 is 4.98 Å². The summed E-state index contributed by atoms with van der Waals surface area (Å²) in [6, 6.07) is 7.79. The highest BCUT2D eigenvalue weighted by molar-refractivity contribution is 7.98. The average Bonchev–Trinajstić information content (AvgIpc) is 2.46. The van der Waals surface area contributed by atoms with Crippen LogP contribution in [0.25, 0.3) is 0 Å². The molecule has 5 heteroatoms. The summed E-state index contributed by atoms with van der Waals surface area (Å²) in [7, 11) is 0. The number of benzene rings is 1. The molecule has 1 heterocycles. The fraction of sp³-hybridized carbons (Fsp3) is 0.333. The van der Waals surface area contributed by atoms with Crippen molar-refractivity contribution in [3.63, 3.8) is 0 Å². The summed E-state index contributed by atoms with van der Waals surface area (Å²) in [5.41, 5.74) is 3.26. The third-order valence-electron chi connectivity index (χ3n) is 3.48. The molecule has 0 atom stereocenters. The zero-order valence-electron chi connectivity index (χ0n) is 11.0. The molecule has 104 valence electrons. The molecule has 0 amide bonds. The number of hydrogen-bond acceptors (Lipinski definition) is 3. The number of halogens is 1. The van der Waals surface area contributed by atoms with Crippen LogP contribution in [0, 0.1) is 0 Å². The van der Waals surface area contributed by atoms with Crippen LogP contribution >= 0.6 is 23.4 Å². The Morgan fingerprint density at radius 2 is 1.95 bits per heavy atom. The highest BCUT2D eigenvalue weighted by Gasteiger charge is 2.16. The second-order valence-electron chi connectivity index (χ2n) is 4.93. The second-order valence-corrected chi connectivity index (χ2v) is 6.33. The maximum absolute atomic E-state index is 11.6. The summed E-state index contributed by atoms with van der Waals surface area (Å²) in [4.78, 5) is 18.6. The van der Waals surface area contributed by atoms with Gasteiger partial charge in [0.25, 0.3) is 0 Å². The average molecular weight is 307 g/mol. The zero-order valence-corrected chi connectivity index (χ0v) is 12.6. The Hall–Kier alpha value is -1.26. The number of fused-ring (bicyclic) bond motifs is 1. The van der Waals surface area contributed by atoms with E-state index in [-0.39, 0.29) is 5.69 Å². The lowest BCUT2D eigenvalue weighted by molar-refractivity contribution is 0.639. The lowest BCUT2D eigenvalue weighted by atomic mass is 9.98.